The third-order valence-corrected chi connectivity index (χ3v) is 6.52. The number of aryl methyl sites for hydroxylation is 1. The molecular weight excluding hydrogens is 462 g/mol. The molecule has 0 unspecified atom stereocenters. The molecule has 0 fully saturated rings. The van der Waals surface area contributed by atoms with Gasteiger partial charge in [-0.05, 0) is 74.5 Å². The van der Waals surface area contributed by atoms with Crippen molar-refractivity contribution in [2.24, 2.45) is 0 Å². The Morgan fingerprint density at radius 3 is 2.17 bits per heavy atom. The summed E-state index contributed by atoms with van der Waals surface area (Å²) in [4.78, 5) is 44.9. The highest BCUT2D eigenvalue weighted by atomic mass is 32.1. The van der Waals surface area contributed by atoms with Crippen LogP contribution in [0.25, 0.3) is 11.3 Å². The molecule has 0 aliphatic carbocycles. The lowest BCUT2D eigenvalue weighted by molar-refractivity contribution is 0.0925. The van der Waals surface area contributed by atoms with Crippen LogP contribution in [0.15, 0.2) is 72.8 Å². The van der Waals surface area contributed by atoms with Crippen molar-refractivity contribution in [1.29, 1.82) is 0 Å². The number of imide groups is 1. The summed E-state index contributed by atoms with van der Waals surface area (Å²) in [6.45, 7) is 4.49. The molecule has 35 heavy (non-hydrogen) atoms. The Morgan fingerprint density at radius 2 is 1.57 bits per heavy atom. The number of nitrogens with one attached hydrogen (secondary N) is 1. The molecule has 0 saturated heterocycles. The molecule has 3 amide bonds. The Hall–Kier alpha value is -4.30. The largest absolute Gasteiger partial charge is 0.494 e. The summed E-state index contributed by atoms with van der Waals surface area (Å²) in [7, 11) is 0. The first-order chi connectivity index (χ1) is 17.0. The Bertz CT molecular complexity index is 1410. The number of carbonyl (C=O) groups is 3. The number of benzene rings is 3. The third-order valence-electron chi connectivity index (χ3n) is 5.64. The van der Waals surface area contributed by atoms with E-state index in [1.165, 1.54) is 11.3 Å². The van der Waals surface area contributed by atoms with Gasteiger partial charge in [-0.25, -0.2) is 9.88 Å². The molecule has 0 spiro atoms. The number of nitrogens with zero attached hydrogens (tertiary/aromatic N) is 2. The first-order valence-corrected chi connectivity index (χ1v) is 11.9. The molecule has 1 aliphatic rings. The topological polar surface area (TPSA) is 88.6 Å². The van der Waals surface area contributed by atoms with Crippen LogP contribution in [0.3, 0.4) is 0 Å². The molecule has 0 bridgehead atoms. The van der Waals surface area contributed by atoms with Gasteiger partial charge in [0, 0.05) is 16.0 Å². The van der Waals surface area contributed by atoms with E-state index in [0.29, 0.717) is 34.1 Å². The average molecular weight is 484 g/mol. The molecule has 1 aliphatic heterocycles. The maximum atomic E-state index is 12.8. The maximum Gasteiger partial charge on any atom is 0.266 e. The van der Waals surface area contributed by atoms with Crippen molar-refractivity contribution in [3.8, 4) is 17.0 Å². The van der Waals surface area contributed by atoms with Crippen molar-refractivity contribution in [2.45, 2.75) is 13.8 Å². The number of hydrogen-bond acceptors (Lipinski definition) is 6. The van der Waals surface area contributed by atoms with Crippen LogP contribution in [-0.2, 0) is 0 Å². The van der Waals surface area contributed by atoms with Crippen molar-refractivity contribution >= 4 is 39.9 Å². The molecule has 8 heteroatoms. The lowest BCUT2D eigenvalue weighted by Gasteiger charge is -2.14. The van der Waals surface area contributed by atoms with Gasteiger partial charge < -0.3 is 4.74 Å². The number of anilines is 2. The Balaban J connectivity index is 1.30. The number of hydrogen-bond donors (Lipinski definition) is 1. The van der Waals surface area contributed by atoms with Gasteiger partial charge in [-0.15, -0.1) is 11.3 Å². The lowest BCUT2D eigenvalue weighted by Crippen LogP contribution is -2.29. The van der Waals surface area contributed by atoms with Crippen LogP contribution in [0, 0.1) is 6.92 Å². The highest BCUT2D eigenvalue weighted by molar-refractivity contribution is 7.16. The van der Waals surface area contributed by atoms with Crippen molar-refractivity contribution in [3.05, 3.63) is 94.4 Å². The first-order valence-electron chi connectivity index (χ1n) is 11.1. The fourth-order valence-corrected chi connectivity index (χ4v) is 4.78. The number of ether oxygens (including phenoxy) is 1. The number of carbonyl (C=O) groups excluding carboxylic acids is 3. The third kappa shape index (κ3) is 4.20. The molecule has 174 valence electrons. The van der Waals surface area contributed by atoms with Gasteiger partial charge in [-0.3, -0.25) is 19.7 Å². The second kappa shape index (κ2) is 9.15. The smallest absolute Gasteiger partial charge is 0.266 e. The second-order valence-electron chi connectivity index (χ2n) is 7.87. The zero-order valence-electron chi connectivity index (χ0n) is 19.1. The summed E-state index contributed by atoms with van der Waals surface area (Å²) in [5, 5.41) is 3.32. The number of thiazole rings is 1. The number of aromatic nitrogens is 1. The summed E-state index contributed by atoms with van der Waals surface area (Å²) >= 11 is 1.39. The van der Waals surface area contributed by atoms with E-state index in [1.54, 1.807) is 48.5 Å². The van der Waals surface area contributed by atoms with Gasteiger partial charge in [0.2, 0.25) is 0 Å². The first kappa shape index (κ1) is 22.5. The Labute approximate surface area is 206 Å². The van der Waals surface area contributed by atoms with E-state index in [2.05, 4.69) is 10.3 Å². The van der Waals surface area contributed by atoms with Crippen LogP contribution in [0.4, 0.5) is 10.8 Å². The van der Waals surface area contributed by atoms with Crippen LogP contribution >= 0.6 is 11.3 Å². The minimum absolute atomic E-state index is 0.328. The monoisotopic (exact) mass is 483 g/mol. The Morgan fingerprint density at radius 1 is 0.943 bits per heavy atom. The minimum Gasteiger partial charge on any atom is -0.494 e. The fraction of sp³-hybridized carbons (Fsp3) is 0.111. The zero-order valence-corrected chi connectivity index (χ0v) is 19.9. The van der Waals surface area contributed by atoms with Crippen LogP contribution in [0.2, 0.25) is 0 Å². The molecule has 4 aromatic rings. The van der Waals surface area contributed by atoms with E-state index in [1.807, 2.05) is 38.1 Å². The summed E-state index contributed by atoms with van der Waals surface area (Å²) in [5.41, 5.74) is 3.29. The number of fused-ring (bicyclic) bond motifs is 1. The van der Waals surface area contributed by atoms with Crippen LogP contribution in [0.5, 0.6) is 5.75 Å². The molecule has 5 rings (SSSR count). The molecule has 7 nitrogen and oxygen atoms in total. The van der Waals surface area contributed by atoms with E-state index in [4.69, 9.17) is 4.74 Å². The predicted molar refractivity (Wildman–Crippen MR) is 135 cm³/mol. The van der Waals surface area contributed by atoms with Gasteiger partial charge in [0.1, 0.15) is 5.75 Å². The van der Waals surface area contributed by atoms with E-state index >= 15 is 0 Å². The molecule has 0 saturated carbocycles. The van der Waals surface area contributed by atoms with Crippen LogP contribution < -0.4 is 15.0 Å². The van der Waals surface area contributed by atoms with Crippen molar-refractivity contribution in [1.82, 2.24) is 4.98 Å². The standard InChI is InChI=1S/C27H21N3O4S/c1-3-34-20-14-10-17(11-15-20)23-16(2)35-27(28-23)29-24(31)18-8-12-19(13-9-18)30-25(32)21-6-4-5-7-22(21)26(30)33/h4-15H,3H2,1-2H3,(H,28,29,31). The number of rotatable bonds is 6. The average Bonchev–Trinajstić information content (AvgIpc) is 3.36. The summed E-state index contributed by atoms with van der Waals surface area (Å²) in [6.07, 6.45) is 0. The molecule has 1 N–H and O–H groups in total. The fourth-order valence-electron chi connectivity index (χ4n) is 3.95. The van der Waals surface area contributed by atoms with Gasteiger partial charge in [0.15, 0.2) is 5.13 Å². The normalized spacial score (nSPS) is 12.6. The highest BCUT2D eigenvalue weighted by Crippen LogP contribution is 2.32. The summed E-state index contributed by atoms with van der Waals surface area (Å²) in [5.74, 6) is -0.279. The van der Waals surface area contributed by atoms with Crippen molar-refractivity contribution in [2.75, 3.05) is 16.8 Å². The second-order valence-corrected chi connectivity index (χ2v) is 9.08. The van der Waals surface area contributed by atoms with Gasteiger partial charge in [-0.1, -0.05) is 12.1 Å². The predicted octanol–water partition coefficient (Wildman–Crippen LogP) is 5.57. The van der Waals surface area contributed by atoms with Gasteiger partial charge >= 0.3 is 0 Å². The summed E-state index contributed by atoms with van der Waals surface area (Å²) in [6, 6.07) is 20.7. The van der Waals surface area contributed by atoms with Crippen LogP contribution in [-0.4, -0.2) is 29.3 Å². The SMILES string of the molecule is CCOc1ccc(-c2nc(NC(=O)c3ccc(N4C(=O)c5ccccc5C4=O)cc3)sc2C)cc1. The van der Waals surface area contributed by atoms with E-state index < -0.39 is 0 Å². The highest BCUT2D eigenvalue weighted by Gasteiger charge is 2.36. The quantitative estimate of drug-likeness (QED) is 0.362. The molecule has 0 radical (unpaired) electrons. The van der Waals surface area contributed by atoms with Gasteiger partial charge in [-0.2, -0.15) is 0 Å². The molecule has 1 aromatic heterocycles. The van der Waals surface area contributed by atoms with Gasteiger partial charge in [0.05, 0.1) is 29.1 Å². The van der Waals surface area contributed by atoms with E-state index in [9.17, 15) is 14.4 Å². The van der Waals surface area contributed by atoms with Gasteiger partial charge in [0.25, 0.3) is 17.7 Å². The molecule has 2 heterocycles. The van der Waals surface area contributed by atoms with Crippen molar-refractivity contribution < 1.29 is 19.1 Å². The van der Waals surface area contributed by atoms with Crippen molar-refractivity contribution in [3.63, 3.8) is 0 Å². The van der Waals surface area contributed by atoms with Crippen LogP contribution in [0.1, 0.15) is 42.9 Å². The minimum atomic E-state index is -0.372. The molecular formula is C27H21N3O4S. The van der Waals surface area contributed by atoms with E-state index in [-0.39, 0.29) is 17.7 Å². The lowest BCUT2D eigenvalue weighted by atomic mass is 10.1. The molecule has 0 atom stereocenters. The van der Waals surface area contributed by atoms with E-state index in [0.717, 1.165) is 26.8 Å². The zero-order chi connectivity index (χ0) is 24.5. The Kier molecular flexibility index (Phi) is 5.88. The molecule has 3 aromatic carbocycles. The number of amides is 3. The maximum absolute atomic E-state index is 12.8. The summed E-state index contributed by atoms with van der Waals surface area (Å²) < 4.78 is 5.49.